The molecule has 1 saturated carbocycles. The molecule has 3 aromatic rings. The van der Waals surface area contributed by atoms with Gasteiger partial charge in [0.15, 0.2) is 0 Å². The van der Waals surface area contributed by atoms with Crippen molar-refractivity contribution in [3.8, 4) is 11.5 Å². The molecule has 1 heterocycles. The molecule has 0 amide bonds. The average molecular weight is 422 g/mol. The number of halogens is 1. The highest BCUT2D eigenvalue weighted by atomic mass is 19.1. The zero-order valence-corrected chi connectivity index (χ0v) is 17.2. The van der Waals surface area contributed by atoms with Crippen molar-refractivity contribution in [1.29, 1.82) is 5.41 Å². The molecule has 0 spiro atoms. The molecule has 2 aromatic carbocycles. The van der Waals surface area contributed by atoms with E-state index in [9.17, 15) is 9.50 Å². The van der Waals surface area contributed by atoms with Crippen LogP contribution in [0.25, 0.3) is 0 Å². The molecule has 2 unspecified atom stereocenters. The zero-order valence-electron chi connectivity index (χ0n) is 17.2. The van der Waals surface area contributed by atoms with Crippen molar-refractivity contribution in [3.05, 3.63) is 71.8 Å². The standard InChI is InChI=1S/C23H24FN5O2/c1-23(30)11-10-16(12-23)29-22-19(21(26)27-13-28-22)20(25)14-2-6-17(7-3-14)31-18-8-4-15(24)5-9-18/h2-9,13,16,25,30H,10-12H2,1H3,(H3,26,27,28,29)/p+1. The first kappa shape index (κ1) is 20.9. The summed E-state index contributed by atoms with van der Waals surface area (Å²) in [4.78, 5) is 8.42. The zero-order chi connectivity index (χ0) is 22.0. The normalized spacial score (nSPS) is 20.5. The lowest BCUT2D eigenvalue weighted by Gasteiger charge is -2.16. The van der Waals surface area contributed by atoms with E-state index in [1.54, 1.807) is 36.4 Å². The van der Waals surface area contributed by atoms with Gasteiger partial charge in [0, 0.05) is 18.4 Å². The summed E-state index contributed by atoms with van der Waals surface area (Å²) in [5.41, 5.74) is 6.77. The van der Waals surface area contributed by atoms with Crippen molar-refractivity contribution in [1.82, 2.24) is 9.97 Å². The molecular weight excluding hydrogens is 397 g/mol. The number of nitrogens with one attached hydrogen (secondary N) is 1. The van der Waals surface area contributed by atoms with E-state index >= 15 is 0 Å². The van der Waals surface area contributed by atoms with Gasteiger partial charge in [0.1, 0.15) is 35.0 Å². The molecule has 160 valence electrons. The van der Waals surface area contributed by atoms with E-state index in [0.717, 1.165) is 12.8 Å². The first-order chi connectivity index (χ1) is 14.8. The second kappa shape index (κ2) is 8.41. The van der Waals surface area contributed by atoms with Gasteiger partial charge < -0.3 is 15.6 Å². The Morgan fingerprint density at radius 2 is 1.81 bits per heavy atom. The fraction of sp³-hybridized carbons (Fsp3) is 0.261. The van der Waals surface area contributed by atoms with E-state index < -0.39 is 5.60 Å². The van der Waals surface area contributed by atoms with Crippen LogP contribution in [0.3, 0.4) is 0 Å². The van der Waals surface area contributed by atoms with E-state index in [4.69, 9.17) is 15.9 Å². The third kappa shape index (κ3) is 4.87. The minimum Gasteiger partial charge on any atom is -0.457 e. The highest BCUT2D eigenvalue weighted by molar-refractivity contribution is 6.15. The summed E-state index contributed by atoms with van der Waals surface area (Å²) in [7, 11) is 0. The Labute approximate surface area is 179 Å². The van der Waals surface area contributed by atoms with Crippen LogP contribution < -0.4 is 15.8 Å². The number of aromatic nitrogens is 2. The van der Waals surface area contributed by atoms with Crippen LogP contribution in [0.1, 0.15) is 37.3 Å². The van der Waals surface area contributed by atoms with Crippen LogP contribution in [0, 0.1) is 11.2 Å². The maximum Gasteiger partial charge on any atom is 0.239 e. The van der Waals surface area contributed by atoms with Crippen molar-refractivity contribution in [2.75, 3.05) is 5.73 Å². The molecule has 7 nitrogen and oxygen atoms in total. The summed E-state index contributed by atoms with van der Waals surface area (Å²) in [6.45, 7) is 1.84. The van der Waals surface area contributed by atoms with Crippen molar-refractivity contribution in [3.63, 3.8) is 0 Å². The first-order valence-electron chi connectivity index (χ1n) is 10.1. The summed E-state index contributed by atoms with van der Waals surface area (Å²) in [5.74, 6) is 1.61. The van der Waals surface area contributed by atoms with E-state index in [0.29, 0.717) is 34.9 Å². The maximum absolute atomic E-state index is 13.0. The SMILES string of the molecule is CC1(O)CCC([NH2+]c2ncnc(N)c2C(=N)c2ccc(Oc3ccc(F)cc3)cc2)C1. The predicted molar refractivity (Wildman–Crippen MR) is 115 cm³/mol. The molecule has 0 radical (unpaired) electrons. The van der Waals surface area contributed by atoms with Gasteiger partial charge in [-0.15, -0.1) is 0 Å². The van der Waals surface area contributed by atoms with E-state index in [-0.39, 0.29) is 23.4 Å². The molecular formula is C23H25FN5O2+. The Balaban J connectivity index is 1.53. The molecule has 2 atom stereocenters. The Kier molecular flexibility index (Phi) is 5.67. The number of aliphatic hydroxyl groups is 1. The Morgan fingerprint density at radius 1 is 1.16 bits per heavy atom. The Morgan fingerprint density at radius 3 is 2.42 bits per heavy atom. The lowest BCUT2D eigenvalue weighted by Crippen LogP contribution is -2.85. The number of hydrogen-bond acceptors (Lipinski definition) is 6. The molecule has 31 heavy (non-hydrogen) atoms. The van der Waals surface area contributed by atoms with Crippen LogP contribution in [0.5, 0.6) is 11.5 Å². The number of nitrogens with two attached hydrogens (primary N) is 2. The fourth-order valence-electron chi connectivity index (χ4n) is 3.90. The molecule has 1 aromatic heterocycles. The van der Waals surface area contributed by atoms with Gasteiger partial charge in [-0.1, -0.05) is 0 Å². The van der Waals surface area contributed by atoms with Gasteiger partial charge in [0.2, 0.25) is 5.82 Å². The minimum absolute atomic E-state index is 0.169. The summed E-state index contributed by atoms with van der Waals surface area (Å²) in [6, 6.07) is 12.9. The highest BCUT2D eigenvalue weighted by Gasteiger charge is 2.36. The lowest BCUT2D eigenvalue weighted by atomic mass is 10.0. The van der Waals surface area contributed by atoms with Gasteiger partial charge in [-0.2, -0.15) is 4.98 Å². The van der Waals surface area contributed by atoms with Gasteiger partial charge in [-0.05, 0) is 61.9 Å². The van der Waals surface area contributed by atoms with Crippen LogP contribution in [0.2, 0.25) is 0 Å². The van der Waals surface area contributed by atoms with Gasteiger partial charge in [-0.25, -0.2) is 9.37 Å². The monoisotopic (exact) mass is 422 g/mol. The van der Waals surface area contributed by atoms with E-state index in [2.05, 4.69) is 9.97 Å². The number of benzene rings is 2. The van der Waals surface area contributed by atoms with Crippen molar-refractivity contribution in [2.45, 2.75) is 37.8 Å². The Hall–Kier alpha value is -3.36. The number of hydrogen-bond donors (Lipinski definition) is 4. The summed E-state index contributed by atoms with van der Waals surface area (Å²) in [5, 5.41) is 20.9. The van der Waals surface area contributed by atoms with Crippen LogP contribution in [0.15, 0.2) is 54.9 Å². The summed E-state index contributed by atoms with van der Waals surface area (Å²) in [6.07, 6.45) is 3.64. The number of rotatable bonds is 6. The number of quaternary nitrogens is 1. The predicted octanol–water partition coefficient (Wildman–Crippen LogP) is 2.90. The summed E-state index contributed by atoms with van der Waals surface area (Å²) < 4.78 is 18.8. The third-order valence-corrected chi connectivity index (χ3v) is 5.50. The number of nitrogen functional groups attached to an aromatic ring is 1. The van der Waals surface area contributed by atoms with Crippen LogP contribution in [-0.2, 0) is 0 Å². The summed E-state index contributed by atoms with van der Waals surface area (Å²) >= 11 is 0. The van der Waals surface area contributed by atoms with Crippen LogP contribution >= 0.6 is 0 Å². The van der Waals surface area contributed by atoms with Gasteiger partial charge in [0.05, 0.1) is 17.4 Å². The van der Waals surface area contributed by atoms with Crippen LogP contribution in [-0.4, -0.2) is 32.4 Å². The van der Waals surface area contributed by atoms with Gasteiger partial charge in [-0.3, -0.25) is 10.7 Å². The molecule has 4 rings (SSSR count). The second-order valence-corrected chi connectivity index (χ2v) is 8.14. The van der Waals surface area contributed by atoms with Crippen molar-refractivity contribution >= 4 is 17.3 Å². The van der Waals surface area contributed by atoms with Crippen LogP contribution in [0.4, 0.5) is 16.0 Å². The van der Waals surface area contributed by atoms with Gasteiger partial charge in [0.25, 0.3) is 0 Å². The molecule has 1 aliphatic carbocycles. The molecule has 0 saturated heterocycles. The molecule has 0 bridgehead atoms. The molecule has 6 N–H and O–H groups in total. The van der Waals surface area contributed by atoms with Crippen molar-refractivity contribution < 1.29 is 19.6 Å². The largest absolute Gasteiger partial charge is 0.457 e. The number of nitrogens with zero attached hydrogens (tertiary/aromatic N) is 2. The van der Waals surface area contributed by atoms with Gasteiger partial charge >= 0.3 is 0 Å². The van der Waals surface area contributed by atoms with E-state index in [1.165, 1.54) is 18.5 Å². The lowest BCUT2D eigenvalue weighted by molar-refractivity contribution is -0.613. The smallest absolute Gasteiger partial charge is 0.239 e. The van der Waals surface area contributed by atoms with Crippen molar-refractivity contribution in [2.24, 2.45) is 0 Å². The molecule has 0 aliphatic heterocycles. The minimum atomic E-state index is -0.673. The second-order valence-electron chi connectivity index (χ2n) is 8.14. The average Bonchev–Trinajstić information content (AvgIpc) is 3.08. The molecule has 1 fully saturated rings. The topological polar surface area (TPSA) is 122 Å². The third-order valence-electron chi connectivity index (χ3n) is 5.50. The fourth-order valence-corrected chi connectivity index (χ4v) is 3.90. The highest BCUT2D eigenvalue weighted by Crippen LogP contribution is 2.29. The quantitative estimate of drug-likeness (QED) is 0.455. The first-order valence-corrected chi connectivity index (χ1v) is 10.1. The number of anilines is 1. The molecule has 8 heteroatoms. The maximum atomic E-state index is 13.0. The van der Waals surface area contributed by atoms with E-state index in [1.807, 2.05) is 12.2 Å². The Bertz CT molecular complexity index is 1080. The number of ether oxygens (including phenoxy) is 1. The molecule has 1 aliphatic rings.